The smallest absolute Gasteiger partial charge is 0.310 e. The summed E-state index contributed by atoms with van der Waals surface area (Å²) in [6, 6.07) is 11.6. The lowest BCUT2D eigenvalue weighted by atomic mass is 9.94. The average molecular weight is 739 g/mol. The van der Waals surface area contributed by atoms with Gasteiger partial charge < -0.3 is 24.6 Å². The first-order valence-corrected chi connectivity index (χ1v) is 21.2. The molecule has 2 aromatic heterocycles. The summed E-state index contributed by atoms with van der Waals surface area (Å²) in [4.78, 5) is 30.9. The number of pyridine rings is 1. The molecule has 0 radical (unpaired) electrons. The Hall–Kier alpha value is -4.13. The summed E-state index contributed by atoms with van der Waals surface area (Å²) < 4.78 is 43.8. The van der Waals surface area contributed by atoms with Crippen LogP contribution in [0.4, 0.5) is 14.5 Å². The van der Waals surface area contributed by atoms with Gasteiger partial charge in [-0.1, -0.05) is 49.8 Å². The fraction of sp³-hybridized carbons (Fsp3) is 0.421. The van der Waals surface area contributed by atoms with Crippen molar-refractivity contribution in [2.24, 2.45) is 0 Å². The Bertz CT molecular complexity index is 1920. The number of carbonyl (C=O) groups is 2. The van der Waals surface area contributed by atoms with E-state index in [1.165, 1.54) is 6.07 Å². The van der Waals surface area contributed by atoms with Crippen LogP contribution in [0.5, 0.6) is 0 Å². The van der Waals surface area contributed by atoms with Gasteiger partial charge in [-0.3, -0.25) is 9.59 Å². The average Bonchev–Trinajstić information content (AvgIpc) is 3.43. The Kier molecular flexibility index (Phi) is 11.7. The number of ether oxygens (including phenoxy) is 2. The Morgan fingerprint density at radius 3 is 2.61 bits per heavy atom. The summed E-state index contributed by atoms with van der Waals surface area (Å²) in [7, 11) is -1.37. The minimum atomic E-state index is -1.37. The molecular weight excluding hydrogens is 694 g/mol. The summed E-state index contributed by atoms with van der Waals surface area (Å²) in [6.07, 6.45) is 4.84. The predicted molar refractivity (Wildman–Crippen MR) is 196 cm³/mol. The van der Waals surface area contributed by atoms with E-state index in [0.717, 1.165) is 24.4 Å². The Balaban J connectivity index is 1.58. The number of imidazole rings is 1. The molecule has 1 N–H and O–H groups in total. The molecule has 0 saturated heterocycles. The van der Waals surface area contributed by atoms with Crippen LogP contribution < -0.4 is 10.0 Å². The molecule has 1 aliphatic rings. The molecule has 272 valence electrons. The van der Waals surface area contributed by atoms with E-state index in [9.17, 15) is 23.6 Å². The zero-order valence-electron chi connectivity index (χ0n) is 29.9. The fourth-order valence-electron chi connectivity index (χ4n) is 6.01. The van der Waals surface area contributed by atoms with Gasteiger partial charge >= 0.3 is 5.97 Å². The number of nitrogens with zero attached hydrogens (tertiary/aromatic N) is 3. The van der Waals surface area contributed by atoms with Gasteiger partial charge in [0.15, 0.2) is 12.0 Å². The molecule has 0 spiro atoms. The van der Waals surface area contributed by atoms with Crippen molar-refractivity contribution in [3.05, 3.63) is 93.8 Å². The molecule has 2 aromatic carbocycles. The Morgan fingerprint density at radius 2 is 1.90 bits per heavy atom. The summed E-state index contributed by atoms with van der Waals surface area (Å²) in [5.41, 5.74) is 1.71. The van der Waals surface area contributed by atoms with Crippen LogP contribution >= 0.6 is 11.6 Å². The van der Waals surface area contributed by atoms with Crippen molar-refractivity contribution < 1.29 is 32.6 Å². The number of halogens is 3. The largest absolute Gasteiger partial charge is 0.618 e. The summed E-state index contributed by atoms with van der Waals surface area (Å²) in [5, 5.41) is 16.5. The van der Waals surface area contributed by atoms with Gasteiger partial charge in [-0.15, -0.1) is 0 Å². The highest BCUT2D eigenvalue weighted by molar-refractivity contribution is 6.76. The molecule has 0 fully saturated rings. The Labute approximate surface area is 303 Å². The maximum absolute atomic E-state index is 14.9. The van der Waals surface area contributed by atoms with E-state index in [2.05, 4.69) is 25.0 Å². The minimum Gasteiger partial charge on any atom is -0.618 e. The van der Waals surface area contributed by atoms with Crippen molar-refractivity contribution in [3.8, 4) is 22.4 Å². The number of benzene rings is 2. The lowest BCUT2D eigenvalue weighted by molar-refractivity contribution is -0.614. The van der Waals surface area contributed by atoms with Crippen molar-refractivity contribution in [3.63, 3.8) is 0 Å². The third-order valence-corrected chi connectivity index (χ3v) is 10.5. The van der Waals surface area contributed by atoms with Crippen LogP contribution in [0, 0.1) is 16.8 Å². The third kappa shape index (κ3) is 9.81. The molecule has 0 aliphatic carbocycles. The maximum Gasteiger partial charge on any atom is 0.310 e. The lowest BCUT2D eigenvalue weighted by Gasteiger charge is -2.20. The van der Waals surface area contributed by atoms with Gasteiger partial charge in [-0.2, -0.15) is 4.73 Å². The molecule has 1 amide bonds. The van der Waals surface area contributed by atoms with Crippen LogP contribution in [0.3, 0.4) is 0 Å². The second-order valence-electron chi connectivity index (χ2n) is 15.2. The van der Waals surface area contributed by atoms with Crippen LogP contribution in [0.1, 0.15) is 69.5 Å². The highest BCUT2D eigenvalue weighted by Crippen LogP contribution is 2.36. The molecule has 3 heterocycles. The second-order valence-corrected chi connectivity index (χ2v) is 21.2. The van der Waals surface area contributed by atoms with Crippen LogP contribution in [-0.2, 0) is 32.2 Å². The number of rotatable bonds is 9. The van der Waals surface area contributed by atoms with Crippen LogP contribution in [0.15, 0.2) is 54.9 Å². The molecule has 9 nitrogen and oxygen atoms in total. The molecule has 4 aromatic rings. The number of esters is 1. The Morgan fingerprint density at radius 1 is 1.14 bits per heavy atom. The number of aromatic nitrogens is 3. The van der Waals surface area contributed by atoms with Crippen molar-refractivity contribution >= 4 is 37.2 Å². The quantitative estimate of drug-likeness (QED) is 0.0460. The topological polar surface area (TPSA) is 109 Å². The van der Waals surface area contributed by atoms with Crippen molar-refractivity contribution in [2.75, 3.05) is 11.9 Å². The normalized spacial score (nSPS) is 15.4. The first-order chi connectivity index (χ1) is 24.0. The molecule has 1 atom stereocenters. The van der Waals surface area contributed by atoms with Gasteiger partial charge in [0.25, 0.3) is 0 Å². The van der Waals surface area contributed by atoms with Crippen molar-refractivity contribution in [1.29, 1.82) is 0 Å². The van der Waals surface area contributed by atoms with Crippen molar-refractivity contribution in [1.82, 2.24) is 9.55 Å². The van der Waals surface area contributed by atoms with Crippen LogP contribution in [0.25, 0.3) is 22.4 Å². The van der Waals surface area contributed by atoms with E-state index >= 15 is 0 Å². The van der Waals surface area contributed by atoms with Gasteiger partial charge in [0.2, 0.25) is 11.6 Å². The fourth-order valence-corrected chi connectivity index (χ4v) is 6.93. The number of anilines is 1. The zero-order chi connectivity index (χ0) is 37.1. The molecule has 2 bridgehead atoms. The number of nitrogens with one attached hydrogen (secondary N) is 1. The molecule has 0 saturated carbocycles. The van der Waals surface area contributed by atoms with E-state index in [4.69, 9.17) is 26.1 Å². The van der Waals surface area contributed by atoms with Gasteiger partial charge in [0.05, 0.1) is 34.0 Å². The summed E-state index contributed by atoms with van der Waals surface area (Å²) >= 11 is 5.94. The highest BCUT2D eigenvalue weighted by Gasteiger charge is 2.30. The van der Waals surface area contributed by atoms with E-state index in [0.29, 0.717) is 64.6 Å². The highest BCUT2D eigenvalue weighted by atomic mass is 35.5. The number of hydrogen-bond donors (Lipinski definition) is 1. The molecular formula is C38H45ClF2N4O5Si. The van der Waals surface area contributed by atoms with E-state index in [1.807, 2.05) is 16.8 Å². The number of hydrogen-bond acceptors (Lipinski definition) is 6. The first kappa shape index (κ1) is 38.1. The monoisotopic (exact) mass is 738 g/mol. The van der Waals surface area contributed by atoms with Crippen molar-refractivity contribution in [2.45, 2.75) is 96.8 Å². The predicted octanol–water partition coefficient (Wildman–Crippen LogP) is 8.62. The van der Waals surface area contributed by atoms with Gasteiger partial charge in [-0.05, 0) is 69.5 Å². The maximum atomic E-state index is 14.9. The standard InChI is InChI=1S/C38H45ClF2N4O5Si/c1-38(2,3)50-34(47)20-24-11-13-26-30(19-24)42-33(46)10-8-7-9-27(37-43-31(26)22-44(37)23-49-17-18-51(4,5)6)32-16-12-25(21-45(32)48)35-29(40)15-14-28(39)36(35)41/h11-16,19,21-22,27H,7-10,17-18,20,23H2,1-6H3,(H,42,46). The molecule has 1 unspecified atom stereocenters. The third-order valence-electron chi connectivity index (χ3n) is 8.53. The van der Waals surface area contributed by atoms with E-state index in [-0.39, 0.29) is 47.6 Å². The lowest BCUT2D eigenvalue weighted by Crippen LogP contribution is -2.34. The van der Waals surface area contributed by atoms with Gasteiger partial charge in [-0.25, -0.2) is 13.8 Å². The SMILES string of the molecule is CC(C)(C)OC(=O)Cc1ccc2c(c1)NC(=O)CCCCC(c1ccc(-c3c(F)ccc(Cl)c3F)c[n+]1[O-])c1nc-2cn1COCC[Si](C)(C)C. The summed E-state index contributed by atoms with van der Waals surface area (Å²) in [6.45, 7) is 13.0. The molecule has 5 rings (SSSR count). The van der Waals surface area contributed by atoms with E-state index in [1.54, 1.807) is 39.0 Å². The number of fused-ring (bicyclic) bond motifs is 4. The van der Waals surface area contributed by atoms with Crippen LogP contribution in [-0.4, -0.2) is 41.7 Å². The van der Waals surface area contributed by atoms with Gasteiger partial charge in [0.1, 0.15) is 29.9 Å². The molecule has 1 aliphatic heterocycles. The summed E-state index contributed by atoms with van der Waals surface area (Å²) in [5.74, 6) is -2.33. The van der Waals surface area contributed by atoms with E-state index < -0.39 is 31.2 Å². The minimum absolute atomic E-state index is 0.0234. The first-order valence-electron chi connectivity index (χ1n) is 17.2. The van der Waals surface area contributed by atoms with Crippen LogP contribution in [0.2, 0.25) is 30.7 Å². The number of carbonyl (C=O) groups excluding carboxylic acids is 2. The van der Waals surface area contributed by atoms with Gasteiger partial charge in [0, 0.05) is 38.9 Å². The zero-order valence-corrected chi connectivity index (χ0v) is 31.7. The molecule has 51 heavy (non-hydrogen) atoms. The number of amides is 1. The molecule has 13 heteroatoms. The second kappa shape index (κ2) is 15.6.